The summed E-state index contributed by atoms with van der Waals surface area (Å²) in [7, 11) is 0. The maximum Gasteiger partial charge on any atom is 0.321 e. The van der Waals surface area contributed by atoms with Crippen molar-refractivity contribution in [2.45, 2.75) is 25.7 Å². The van der Waals surface area contributed by atoms with Gasteiger partial charge in [0, 0.05) is 23.2 Å². The number of fused-ring (bicyclic) bond motifs is 1. The van der Waals surface area contributed by atoms with Crippen molar-refractivity contribution < 1.29 is 4.79 Å². The summed E-state index contributed by atoms with van der Waals surface area (Å²) >= 11 is 3.42. The summed E-state index contributed by atoms with van der Waals surface area (Å²) in [5, 5.41) is 2.99. The Morgan fingerprint density at radius 1 is 1.21 bits per heavy atom. The molecule has 2 amide bonds. The number of amides is 2. The molecule has 1 aromatic carbocycles. The minimum absolute atomic E-state index is 0.0486. The Balaban J connectivity index is 1.62. The fourth-order valence-corrected chi connectivity index (χ4v) is 3.74. The molecule has 1 saturated heterocycles. The van der Waals surface area contributed by atoms with Crippen molar-refractivity contribution in [2.24, 2.45) is 11.8 Å². The molecule has 2 fully saturated rings. The zero-order valence-corrected chi connectivity index (χ0v) is 12.5. The van der Waals surface area contributed by atoms with Crippen molar-refractivity contribution in [2.75, 3.05) is 18.4 Å². The number of anilines is 1. The molecule has 2 unspecified atom stereocenters. The lowest BCUT2D eigenvalue weighted by Gasteiger charge is -2.22. The van der Waals surface area contributed by atoms with Gasteiger partial charge in [0.25, 0.3) is 0 Å². The number of urea groups is 1. The molecule has 0 radical (unpaired) electrons. The van der Waals surface area contributed by atoms with E-state index in [0.717, 1.165) is 35.1 Å². The van der Waals surface area contributed by atoms with Crippen LogP contribution in [0.3, 0.4) is 0 Å². The van der Waals surface area contributed by atoms with Crippen molar-refractivity contribution in [3.05, 3.63) is 28.7 Å². The van der Waals surface area contributed by atoms with Crippen LogP contribution in [0.4, 0.5) is 10.5 Å². The molecule has 19 heavy (non-hydrogen) atoms. The van der Waals surface area contributed by atoms with E-state index in [1.807, 2.05) is 29.2 Å². The Hall–Kier alpha value is -1.03. The van der Waals surface area contributed by atoms with Gasteiger partial charge in [-0.1, -0.05) is 34.8 Å². The molecular formula is C15H19BrN2O. The summed E-state index contributed by atoms with van der Waals surface area (Å²) in [5.41, 5.74) is 0.856. The number of hydrogen-bond acceptors (Lipinski definition) is 1. The third-order valence-corrected chi connectivity index (χ3v) is 4.83. The van der Waals surface area contributed by atoms with Crippen LogP contribution in [0.25, 0.3) is 0 Å². The highest BCUT2D eigenvalue weighted by Gasteiger charge is 2.36. The molecule has 0 aromatic heterocycles. The van der Waals surface area contributed by atoms with Crippen LogP contribution in [0.15, 0.2) is 28.7 Å². The molecule has 2 aliphatic rings. The summed E-state index contributed by atoms with van der Waals surface area (Å²) in [6.45, 7) is 1.87. The standard InChI is InChI=1S/C15H19BrN2O/c16-13-6-3-7-14(8-13)17-15(19)18-9-11-4-1-2-5-12(11)10-18/h3,6-8,11-12H,1-2,4-5,9-10H2,(H,17,19). The first-order chi connectivity index (χ1) is 9.22. The van der Waals surface area contributed by atoms with Gasteiger partial charge in [0.1, 0.15) is 0 Å². The summed E-state index contributed by atoms with van der Waals surface area (Å²) in [4.78, 5) is 14.3. The molecule has 4 heteroatoms. The summed E-state index contributed by atoms with van der Waals surface area (Å²) < 4.78 is 0.986. The van der Waals surface area contributed by atoms with Crippen molar-refractivity contribution in [3.8, 4) is 0 Å². The molecule has 0 bridgehead atoms. The van der Waals surface area contributed by atoms with Gasteiger partial charge in [-0.2, -0.15) is 0 Å². The Labute approximate surface area is 122 Å². The highest BCUT2D eigenvalue weighted by atomic mass is 79.9. The van der Waals surface area contributed by atoms with E-state index < -0.39 is 0 Å². The van der Waals surface area contributed by atoms with E-state index in [9.17, 15) is 4.79 Å². The first kappa shape index (κ1) is 13.0. The van der Waals surface area contributed by atoms with E-state index in [-0.39, 0.29) is 6.03 Å². The van der Waals surface area contributed by atoms with Gasteiger partial charge in [-0.3, -0.25) is 0 Å². The maximum absolute atomic E-state index is 12.3. The average Bonchev–Trinajstić information content (AvgIpc) is 2.82. The van der Waals surface area contributed by atoms with E-state index in [2.05, 4.69) is 21.2 Å². The lowest BCUT2D eigenvalue weighted by molar-refractivity contribution is 0.220. The fraction of sp³-hybridized carbons (Fsp3) is 0.533. The third kappa shape index (κ3) is 2.94. The van der Waals surface area contributed by atoms with Crippen molar-refractivity contribution in [1.82, 2.24) is 4.90 Å². The Morgan fingerprint density at radius 3 is 2.53 bits per heavy atom. The van der Waals surface area contributed by atoms with Crippen LogP contribution in [-0.4, -0.2) is 24.0 Å². The highest BCUT2D eigenvalue weighted by molar-refractivity contribution is 9.10. The van der Waals surface area contributed by atoms with Crippen LogP contribution in [0.1, 0.15) is 25.7 Å². The number of nitrogens with zero attached hydrogens (tertiary/aromatic N) is 1. The normalized spacial score (nSPS) is 26.1. The number of nitrogens with one attached hydrogen (secondary N) is 1. The smallest absolute Gasteiger partial charge is 0.321 e. The van der Waals surface area contributed by atoms with Crippen molar-refractivity contribution in [3.63, 3.8) is 0 Å². The predicted molar refractivity (Wildman–Crippen MR) is 80.2 cm³/mol. The molecular weight excluding hydrogens is 304 g/mol. The Morgan fingerprint density at radius 2 is 1.89 bits per heavy atom. The molecule has 0 spiro atoms. The van der Waals surface area contributed by atoms with Crippen LogP contribution in [0.2, 0.25) is 0 Å². The van der Waals surface area contributed by atoms with Gasteiger partial charge in [0.05, 0.1) is 0 Å². The van der Waals surface area contributed by atoms with E-state index in [0.29, 0.717) is 0 Å². The van der Waals surface area contributed by atoms with Gasteiger partial charge in [0.2, 0.25) is 0 Å². The molecule has 2 atom stereocenters. The third-order valence-electron chi connectivity index (χ3n) is 4.34. The van der Waals surface area contributed by atoms with E-state index in [4.69, 9.17) is 0 Å². The molecule has 3 nitrogen and oxygen atoms in total. The van der Waals surface area contributed by atoms with Gasteiger partial charge >= 0.3 is 6.03 Å². The van der Waals surface area contributed by atoms with Crippen LogP contribution in [-0.2, 0) is 0 Å². The maximum atomic E-state index is 12.3. The lowest BCUT2D eigenvalue weighted by atomic mass is 9.82. The molecule has 1 aliphatic carbocycles. The van der Waals surface area contributed by atoms with Crippen LogP contribution in [0, 0.1) is 11.8 Å². The Bertz CT molecular complexity index is 463. The van der Waals surface area contributed by atoms with E-state index >= 15 is 0 Å². The summed E-state index contributed by atoms with van der Waals surface area (Å²) in [6.07, 6.45) is 5.27. The average molecular weight is 323 g/mol. The molecule has 1 saturated carbocycles. The molecule has 1 heterocycles. The second-order valence-corrected chi connectivity index (χ2v) is 6.57. The van der Waals surface area contributed by atoms with Crippen LogP contribution in [0.5, 0.6) is 0 Å². The van der Waals surface area contributed by atoms with E-state index in [1.54, 1.807) is 0 Å². The topological polar surface area (TPSA) is 32.3 Å². The molecule has 1 aromatic rings. The molecule has 1 N–H and O–H groups in total. The highest BCUT2D eigenvalue weighted by Crippen LogP contribution is 2.36. The Kier molecular flexibility index (Phi) is 3.78. The van der Waals surface area contributed by atoms with Gasteiger partial charge in [-0.05, 0) is 42.9 Å². The monoisotopic (exact) mass is 322 g/mol. The van der Waals surface area contributed by atoms with Gasteiger partial charge in [0.15, 0.2) is 0 Å². The van der Waals surface area contributed by atoms with E-state index in [1.165, 1.54) is 25.7 Å². The summed E-state index contributed by atoms with van der Waals surface area (Å²) in [6, 6.07) is 7.79. The van der Waals surface area contributed by atoms with Gasteiger partial charge in [-0.15, -0.1) is 0 Å². The number of hydrogen-bond donors (Lipinski definition) is 1. The molecule has 102 valence electrons. The largest absolute Gasteiger partial charge is 0.324 e. The fourth-order valence-electron chi connectivity index (χ4n) is 3.34. The molecule has 1 aliphatic heterocycles. The molecule has 3 rings (SSSR count). The zero-order valence-electron chi connectivity index (χ0n) is 10.9. The summed E-state index contributed by atoms with van der Waals surface area (Å²) in [5.74, 6) is 1.48. The first-order valence-corrected chi connectivity index (χ1v) is 7.83. The second kappa shape index (κ2) is 5.53. The van der Waals surface area contributed by atoms with Gasteiger partial charge in [-0.25, -0.2) is 4.79 Å². The lowest BCUT2D eigenvalue weighted by Crippen LogP contribution is -2.33. The number of likely N-dealkylation sites (tertiary alicyclic amines) is 1. The minimum Gasteiger partial charge on any atom is -0.324 e. The van der Waals surface area contributed by atoms with Gasteiger partial charge < -0.3 is 10.2 Å². The number of carbonyl (C=O) groups is 1. The number of carbonyl (C=O) groups excluding carboxylic acids is 1. The zero-order chi connectivity index (χ0) is 13.2. The quantitative estimate of drug-likeness (QED) is 0.829. The SMILES string of the molecule is O=C(Nc1cccc(Br)c1)N1CC2CCCCC2C1. The number of halogens is 1. The first-order valence-electron chi connectivity index (χ1n) is 7.04. The van der Waals surface area contributed by atoms with Crippen molar-refractivity contribution >= 4 is 27.6 Å². The van der Waals surface area contributed by atoms with Crippen molar-refractivity contribution in [1.29, 1.82) is 0 Å². The van der Waals surface area contributed by atoms with Crippen LogP contribution >= 0.6 is 15.9 Å². The number of benzene rings is 1. The van der Waals surface area contributed by atoms with Crippen LogP contribution < -0.4 is 5.32 Å². The second-order valence-electron chi connectivity index (χ2n) is 5.65. The number of rotatable bonds is 1. The predicted octanol–water partition coefficient (Wildman–Crippen LogP) is 4.10. The minimum atomic E-state index is 0.0486.